The lowest BCUT2D eigenvalue weighted by Crippen LogP contribution is -2.37. The first-order valence-electron chi connectivity index (χ1n) is 7.42. The first-order chi connectivity index (χ1) is 10.4. The van der Waals surface area contributed by atoms with Crippen molar-refractivity contribution in [3.63, 3.8) is 0 Å². The van der Waals surface area contributed by atoms with Crippen LogP contribution in [0.1, 0.15) is 23.9 Å². The molecule has 0 saturated carbocycles. The Morgan fingerprint density at radius 3 is 2.52 bits per heavy atom. The van der Waals surface area contributed by atoms with Crippen molar-refractivity contribution in [2.24, 2.45) is 0 Å². The van der Waals surface area contributed by atoms with E-state index in [9.17, 15) is 0 Å². The summed E-state index contributed by atoms with van der Waals surface area (Å²) in [4.78, 5) is 0. The highest BCUT2D eigenvalue weighted by atomic mass is 15.4. The highest BCUT2D eigenvalue weighted by Crippen LogP contribution is 2.20. The molecule has 0 fully saturated rings. The first-order valence-corrected chi connectivity index (χ1v) is 7.42. The Morgan fingerprint density at radius 2 is 1.76 bits per heavy atom. The third-order valence-corrected chi connectivity index (χ3v) is 4.08. The molecule has 1 aliphatic rings. The monoisotopic (exact) mass is 275 g/mol. The van der Waals surface area contributed by atoms with Crippen molar-refractivity contribution >= 4 is 0 Å². The van der Waals surface area contributed by atoms with Crippen LogP contribution in [-0.4, -0.2) is 9.78 Å². The van der Waals surface area contributed by atoms with Crippen molar-refractivity contribution in [1.82, 2.24) is 9.78 Å². The summed E-state index contributed by atoms with van der Waals surface area (Å²) in [7, 11) is 0. The summed E-state index contributed by atoms with van der Waals surface area (Å²) in [6.07, 6.45) is 6.65. The summed E-state index contributed by atoms with van der Waals surface area (Å²) in [5.74, 6) is 1.14. The third kappa shape index (κ3) is 2.35. The highest BCUT2D eigenvalue weighted by molar-refractivity contribution is 5.28. The molecule has 0 amide bonds. The van der Waals surface area contributed by atoms with E-state index in [1.807, 2.05) is 22.9 Å². The van der Waals surface area contributed by atoms with E-state index in [2.05, 4.69) is 58.5 Å². The summed E-state index contributed by atoms with van der Waals surface area (Å²) in [6, 6.07) is 21.3. The van der Waals surface area contributed by atoms with Crippen LogP contribution in [0.25, 0.3) is 5.69 Å². The van der Waals surface area contributed by atoms with Crippen LogP contribution in [0, 0.1) is 6.33 Å². The summed E-state index contributed by atoms with van der Waals surface area (Å²) in [5.41, 5.74) is 2.45. The minimum Gasteiger partial charge on any atom is -0.337 e. The molecular formula is C18H17N3. The molecule has 104 valence electrons. The molecule has 0 saturated heterocycles. The Labute approximate surface area is 124 Å². The molecule has 0 radical (unpaired) electrons. The molecule has 2 heterocycles. The van der Waals surface area contributed by atoms with Gasteiger partial charge in [0.1, 0.15) is 0 Å². The minimum absolute atomic E-state index is 0.472. The maximum Gasteiger partial charge on any atom is 0.179 e. The van der Waals surface area contributed by atoms with Crippen LogP contribution >= 0.6 is 0 Å². The highest BCUT2D eigenvalue weighted by Gasteiger charge is 2.25. The molecule has 0 unspecified atom stereocenters. The Morgan fingerprint density at radius 1 is 1.05 bits per heavy atom. The molecule has 1 atom stereocenters. The smallest absolute Gasteiger partial charge is 0.179 e. The zero-order valence-corrected chi connectivity index (χ0v) is 11.8. The summed E-state index contributed by atoms with van der Waals surface area (Å²) in [6.45, 7) is 0. The molecule has 0 spiro atoms. The molecular weight excluding hydrogens is 258 g/mol. The predicted molar refractivity (Wildman–Crippen MR) is 80.1 cm³/mol. The van der Waals surface area contributed by atoms with Crippen molar-refractivity contribution < 1.29 is 4.57 Å². The molecule has 0 bridgehead atoms. The van der Waals surface area contributed by atoms with Gasteiger partial charge in [-0.2, -0.15) is 4.68 Å². The normalized spacial score (nSPS) is 16.9. The zero-order chi connectivity index (χ0) is 14.1. The van der Waals surface area contributed by atoms with Gasteiger partial charge < -0.3 is 4.57 Å². The van der Waals surface area contributed by atoms with Crippen LogP contribution in [0.2, 0.25) is 0 Å². The number of fused-ring (bicyclic) bond motifs is 1. The molecule has 0 N–H and O–H groups in total. The van der Waals surface area contributed by atoms with Gasteiger partial charge in [-0.15, -0.1) is 0 Å². The second-order valence-electron chi connectivity index (χ2n) is 5.52. The van der Waals surface area contributed by atoms with E-state index in [0.29, 0.717) is 6.04 Å². The largest absolute Gasteiger partial charge is 0.337 e. The average molecular weight is 275 g/mol. The van der Waals surface area contributed by atoms with E-state index in [1.54, 1.807) is 0 Å². The predicted octanol–water partition coefficient (Wildman–Crippen LogP) is 2.69. The molecule has 0 aliphatic carbocycles. The van der Waals surface area contributed by atoms with Gasteiger partial charge in [-0.05, 0) is 23.5 Å². The van der Waals surface area contributed by atoms with Gasteiger partial charge in [0.05, 0.1) is 6.04 Å². The van der Waals surface area contributed by atoms with Crippen LogP contribution in [-0.2, 0) is 12.8 Å². The third-order valence-electron chi connectivity index (χ3n) is 4.08. The SMILES string of the molecule is [c-]1n(-c2ccccc2)nc2[n+]1[C@H](Cc1ccccc1)CC2. The van der Waals surface area contributed by atoms with Gasteiger partial charge in [-0.1, -0.05) is 60.7 Å². The van der Waals surface area contributed by atoms with Crippen LogP contribution in [0.3, 0.4) is 0 Å². The number of nitrogens with zero attached hydrogens (tertiary/aromatic N) is 3. The quantitative estimate of drug-likeness (QED) is 0.532. The standard InChI is InChI=1S/C18H17N3/c1-3-7-15(8-4-1)13-17-11-12-18-19-21(14-20(17)18)16-9-5-2-6-10-16/h1-10,17H,11-13H2/t17-/m0/s1. The van der Waals surface area contributed by atoms with Gasteiger partial charge in [-0.25, -0.2) is 0 Å². The molecule has 4 rings (SSSR count). The average Bonchev–Trinajstić information content (AvgIpc) is 3.11. The van der Waals surface area contributed by atoms with Crippen LogP contribution in [0.4, 0.5) is 0 Å². The first kappa shape index (κ1) is 12.3. The second-order valence-corrected chi connectivity index (χ2v) is 5.52. The van der Waals surface area contributed by atoms with Crippen molar-refractivity contribution in [2.45, 2.75) is 25.3 Å². The number of hydrogen-bond donors (Lipinski definition) is 0. The number of aromatic nitrogens is 3. The molecule has 1 aromatic heterocycles. The molecule has 3 aromatic rings. The van der Waals surface area contributed by atoms with Crippen molar-refractivity contribution in [2.75, 3.05) is 0 Å². The van der Waals surface area contributed by atoms with Crippen molar-refractivity contribution in [3.05, 3.63) is 78.4 Å². The summed E-state index contributed by atoms with van der Waals surface area (Å²) < 4.78 is 4.09. The fourth-order valence-corrected chi connectivity index (χ4v) is 3.00. The van der Waals surface area contributed by atoms with Crippen LogP contribution in [0.5, 0.6) is 0 Å². The zero-order valence-electron chi connectivity index (χ0n) is 11.8. The van der Waals surface area contributed by atoms with Crippen LogP contribution in [0.15, 0.2) is 60.7 Å². The van der Waals surface area contributed by atoms with Crippen LogP contribution < -0.4 is 4.57 Å². The maximum absolute atomic E-state index is 4.68. The van der Waals surface area contributed by atoms with Gasteiger partial charge in [0.25, 0.3) is 0 Å². The van der Waals surface area contributed by atoms with Crippen molar-refractivity contribution in [3.8, 4) is 5.69 Å². The summed E-state index contributed by atoms with van der Waals surface area (Å²) in [5, 5.41) is 4.68. The van der Waals surface area contributed by atoms with E-state index in [-0.39, 0.29) is 0 Å². The van der Waals surface area contributed by atoms with E-state index < -0.39 is 0 Å². The van der Waals surface area contributed by atoms with Crippen molar-refractivity contribution in [1.29, 1.82) is 0 Å². The Balaban J connectivity index is 1.62. The minimum atomic E-state index is 0.472. The molecule has 3 heteroatoms. The fraction of sp³-hybridized carbons (Fsp3) is 0.222. The lowest BCUT2D eigenvalue weighted by atomic mass is 10.0. The Bertz CT molecular complexity index is 732. The van der Waals surface area contributed by atoms with Gasteiger partial charge in [0.15, 0.2) is 12.2 Å². The van der Waals surface area contributed by atoms with Gasteiger partial charge >= 0.3 is 0 Å². The van der Waals surface area contributed by atoms with E-state index in [4.69, 9.17) is 0 Å². The number of hydrogen-bond acceptors (Lipinski definition) is 1. The van der Waals surface area contributed by atoms with E-state index in [1.165, 1.54) is 5.56 Å². The second kappa shape index (κ2) is 5.17. The lowest BCUT2D eigenvalue weighted by Gasteiger charge is -2.11. The molecule has 21 heavy (non-hydrogen) atoms. The molecule has 1 aliphatic heterocycles. The Kier molecular flexibility index (Phi) is 3.03. The number of para-hydroxylation sites is 1. The number of aryl methyl sites for hydroxylation is 1. The number of benzene rings is 2. The fourth-order valence-electron chi connectivity index (χ4n) is 3.00. The molecule has 2 aromatic carbocycles. The summed E-state index contributed by atoms with van der Waals surface area (Å²) >= 11 is 0. The topological polar surface area (TPSA) is 21.7 Å². The lowest BCUT2D eigenvalue weighted by molar-refractivity contribution is -0.720. The molecule has 3 nitrogen and oxygen atoms in total. The van der Waals surface area contributed by atoms with E-state index in [0.717, 1.165) is 30.8 Å². The number of rotatable bonds is 3. The van der Waals surface area contributed by atoms with Gasteiger partial charge in [0.2, 0.25) is 0 Å². The van der Waals surface area contributed by atoms with Gasteiger partial charge in [0, 0.05) is 12.1 Å². The Hall–Kier alpha value is -2.42. The van der Waals surface area contributed by atoms with E-state index >= 15 is 0 Å². The van der Waals surface area contributed by atoms with Gasteiger partial charge in [-0.3, -0.25) is 0 Å². The maximum atomic E-state index is 4.68.